The van der Waals surface area contributed by atoms with Gasteiger partial charge in [-0.15, -0.1) is 21.5 Å². The number of carbonyl (C=O) groups is 4. The molecule has 0 radical (unpaired) electrons. The molecule has 7 rings (SSSR count). The fraction of sp³-hybridized carbons (Fsp3) is 0.378. The van der Waals surface area contributed by atoms with E-state index in [0.29, 0.717) is 36.2 Å². The van der Waals surface area contributed by atoms with E-state index in [0.717, 1.165) is 46.1 Å². The fourth-order valence-electron chi connectivity index (χ4n) is 6.99. The Kier molecular flexibility index (Phi) is 9.94. The third-order valence-electron chi connectivity index (χ3n) is 10.0. The van der Waals surface area contributed by atoms with Crippen molar-refractivity contribution in [3.05, 3.63) is 92.1 Å². The van der Waals surface area contributed by atoms with Crippen molar-refractivity contribution in [1.29, 1.82) is 0 Å². The monoisotopic (exact) mass is 744 g/mol. The molecule has 0 aliphatic carbocycles. The summed E-state index contributed by atoms with van der Waals surface area (Å²) in [6.07, 6.45) is 1.95. The maximum atomic E-state index is 15.1. The van der Waals surface area contributed by atoms with Crippen molar-refractivity contribution in [1.82, 2.24) is 30.7 Å². The second-order valence-electron chi connectivity index (χ2n) is 13.5. The number of aliphatic imine (C=N–C) groups is 1. The van der Waals surface area contributed by atoms with Crippen molar-refractivity contribution >= 4 is 58.0 Å². The van der Waals surface area contributed by atoms with E-state index in [9.17, 15) is 19.2 Å². The highest BCUT2D eigenvalue weighted by Crippen LogP contribution is 2.39. The number of piperidine rings is 2. The molecule has 0 saturated carbocycles. The Bertz CT molecular complexity index is 2100. The van der Waals surface area contributed by atoms with Gasteiger partial charge in [-0.25, -0.2) is 4.39 Å². The highest BCUT2D eigenvalue weighted by molar-refractivity contribution is 7.15. The van der Waals surface area contributed by atoms with Gasteiger partial charge in [0.15, 0.2) is 5.82 Å². The van der Waals surface area contributed by atoms with Gasteiger partial charge in [-0.05, 0) is 81.8 Å². The highest BCUT2D eigenvalue weighted by atomic mass is 35.5. The predicted octanol–water partition coefficient (Wildman–Crippen LogP) is 4.90. The number of nitrogens with zero attached hydrogens (tertiary/aromatic N) is 5. The molecule has 270 valence electrons. The number of anilines is 1. The van der Waals surface area contributed by atoms with Crippen molar-refractivity contribution in [2.45, 2.75) is 65.0 Å². The summed E-state index contributed by atoms with van der Waals surface area (Å²) in [6, 6.07) is 10.6. The van der Waals surface area contributed by atoms with Crippen molar-refractivity contribution in [2.75, 3.05) is 24.5 Å². The Morgan fingerprint density at radius 3 is 2.50 bits per heavy atom. The first-order chi connectivity index (χ1) is 25.0. The average molecular weight is 745 g/mol. The van der Waals surface area contributed by atoms with Gasteiger partial charge >= 0.3 is 0 Å². The number of aromatic nitrogens is 3. The van der Waals surface area contributed by atoms with E-state index < -0.39 is 35.6 Å². The van der Waals surface area contributed by atoms with Crippen molar-refractivity contribution in [3.8, 4) is 5.00 Å². The number of benzene rings is 2. The molecule has 2 fully saturated rings. The standard InChI is InChI=1S/C37H38ClFN8O4S/c1-19-20(2)52-37-32(19)33(23-4-6-24(38)7-5-23)41-29(34-45-44-21(3)47(34)37)17-31(49)40-18-22-12-14-46(15-13-22)25-8-9-26(27(39)16-25)35(50)42-28-10-11-30(48)43-36(28)51/h4-9,16,22,28-29H,10-15,17-18H2,1-3H3,(H,40,49)(H,42,50)(H,43,48,51). The normalized spacial score (nSPS) is 18.9. The molecule has 2 aromatic carbocycles. The Morgan fingerprint density at radius 2 is 1.79 bits per heavy atom. The molecular weight excluding hydrogens is 707 g/mol. The highest BCUT2D eigenvalue weighted by Gasteiger charge is 2.33. The predicted molar refractivity (Wildman–Crippen MR) is 196 cm³/mol. The van der Waals surface area contributed by atoms with Crippen LogP contribution in [0.4, 0.5) is 10.1 Å². The zero-order chi connectivity index (χ0) is 36.7. The number of amides is 4. The molecule has 3 aliphatic heterocycles. The topological polar surface area (TPSA) is 151 Å². The van der Waals surface area contributed by atoms with Crippen molar-refractivity contribution < 1.29 is 23.6 Å². The van der Waals surface area contributed by atoms with Crippen LogP contribution in [0.3, 0.4) is 0 Å². The number of imide groups is 1. The molecule has 4 amide bonds. The van der Waals surface area contributed by atoms with Crippen LogP contribution in [0.2, 0.25) is 5.02 Å². The Morgan fingerprint density at radius 1 is 1.04 bits per heavy atom. The maximum Gasteiger partial charge on any atom is 0.254 e. The number of hydrogen-bond acceptors (Lipinski definition) is 9. The molecule has 2 atom stereocenters. The molecule has 3 aliphatic rings. The summed E-state index contributed by atoms with van der Waals surface area (Å²) in [7, 11) is 0. The molecule has 2 unspecified atom stereocenters. The summed E-state index contributed by atoms with van der Waals surface area (Å²) in [4.78, 5) is 58.0. The lowest BCUT2D eigenvalue weighted by molar-refractivity contribution is -0.134. The summed E-state index contributed by atoms with van der Waals surface area (Å²) in [6.45, 7) is 7.89. The van der Waals surface area contributed by atoms with Gasteiger partial charge in [-0.3, -0.25) is 34.1 Å². The van der Waals surface area contributed by atoms with Gasteiger partial charge in [0.25, 0.3) is 5.91 Å². The van der Waals surface area contributed by atoms with Crippen LogP contribution in [0, 0.1) is 32.5 Å². The Hall–Kier alpha value is -4.95. The van der Waals surface area contributed by atoms with E-state index in [-0.39, 0.29) is 36.7 Å². The zero-order valence-electron chi connectivity index (χ0n) is 29.0. The largest absolute Gasteiger partial charge is 0.371 e. The van der Waals surface area contributed by atoms with Gasteiger partial charge in [0.1, 0.15) is 28.7 Å². The summed E-state index contributed by atoms with van der Waals surface area (Å²) < 4.78 is 17.1. The number of fused-ring (bicyclic) bond motifs is 3. The number of aryl methyl sites for hydroxylation is 2. The van der Waals surface area contributed by atoms with E-state index in [1.165, 1.54) is 17.0 Å². The first-order valence-corrected chi connectivity index (χ1v) is 18.5. The van der Waals surface area contributed by atoms with Crippen molar-refractivity contribution in [2.24, 2.45) is 10.9 Å². The molecule has 5 heterocycles. The molecule has 15 heteroatoms. The molecule has 2 saturated heterocycles. The van der Waals surface area contributed by atoms with Crippen molar-refractivity contribution in [3.63, 3.8) is 0 Å². The second kappa shape index (κ2) is 14.6. The SMILES string of the molecule is Cc1sc2c(c1C)C(c1ccc(Cl)cc1)=NC(CC(=O)NCC1CCN(c3ccc(C(=O)NC4CCC(=O)NC4=O)c(F)c3)CC1)c1nnc(C)n1-2. The molecule has 3 N–H and O–H groups in total. The van der Waals surface area contributed by atoms with Crippen LogP contribution in [0.15, 0.2) is 47.5 Å². The number of rotatable bonds is 8. The third-order valence-corrected chi connectivity index (χ3v) is 11.5. The van der Waals surface area contributed by atoms with E-state index >= 15 is 4.39 Å². The van der Waals surface area contributed by atoms with Gasteiger partial charge in [0, 0.05) is 52.8 Å². The van der Waals surface area contributed by atoms with E-state index in [2.05, 4.69) is 44.9 Å². The quantitative estimate of drug-likeness (QED) is 0.217. The number of carbonyl (C=O) groups excluding carboxylic acids is 4. The Labute approximate surface area is 308 Å². The molecular formula is C37H38ClFN8O4S. The van der Waals surface area contributed by atoms with E-state index in [1.807, 2.05) is 35.8 Å². The van der Waals surface area contributed by atoms with Crippen LogP contribution in [-0.2, 0) is 14.4 Å². The minimum absolute atomic E-state index is 0.101. The molecule has 4 aromatic rings. The number of thiophene rings is 1. The number of nitrogens with one attached hydrogen (secondary N) is 3. The molecule has 0 spiro atoms. The molecule has 0 bridgehead atoms. The second-order valence-corrected chi connectivity index (χ2v) is 15.1. The van der Waals surface area contributed by atoms with Gasteiger partial charge < -0.3 is 15.5 Å². The van der Waals surface area contributed by atoms with Crippen LogP contribution < -0.4 is 20.9 Å². The lowest BCUT2D eigenvalue weighted by Crippen LogP contribution is -2.52. The van der Waals surface area contributed by atoms with Crippen LogP contribution in [0.1, 0.15) is 81.7 Å². The maximum absolute atomic E-state index is 15.1. The Balaban J connectivity index is 0.979. The summed E-state index contributed by atoms with van der Waals surface area (Å²) in [5.74, 6) is -0.936. The molecule has 52 heavy (non-hydrogen) atoms. The number of halogens is 2. The first kappa shape index (κ1) is 35.5. The lowest BCUT2D eigenvalue weighted by atomic mass is 9.96. The first-order valence-electron chi connectivity index (χ1n) is 17.3. The van der Waals surface area contributed by atoms with E-state index in [4.69, 9.17) is 16.6 Å². The van der Waals surface area contributed by atoms with Crippen LogP contribution in [0.5, 0.6) is 0 Å². The van der Waals surface area contributed by atoms with Crippen LogP contribution >= 0.6 is 22.9 Å². The minimum Gasteiger partial charge on any atom is -0.371 e. The van der Waals surface area contributed by atoms with Gasteiger partial charge in [0.05, 0.1) is 17.7 Å². The summed E-state index contributed by atoms with van der Waals surface area (Å²) in [5.41, 5.74) is 4.32. The lowest BCUT2D eigenvalue weighted by Gasteiger charge is -2.34. The zero-order valence-corrected chi connectivity index (χ0v) is 30.5. The van der Waals surface area contributed by atoms with Gasteiger partial charge in [0.2, 0.25) is 17.7 Å². The van der Waals surface area contributed by atoms with Gasteiger partial charge in [-0.2, -0.15) is 0 Å². The van der Waals surface area contributed by atoms with E-state index in [1.54, 1.807) is 17.4 Å². The molecule has 2 aromatic heterocycles. The van der Waals surface area contributed by atoms with Crippen LogP contribution in [0.25, 0.3) is 5.00 Å². The molecule has 12 nitrogen and oxygen atoms in total. The summed E-state index contributed by atoms with van der Waals surface area (Å²) >= 11 is 7.89. The van der Waals surface area contributed by atoms with Crippen LogP contribution in [-0.4, -0.2) is 69.8 Å². The fourth-order valence-corrected chi connectivity index (χ4v) is 8.33. The third kappa shape index (κ3) is 7.09. The summed E-state index contributed by atoms with van der Waals surface area (Å²) in [5, 5.41) is 18.3. The average Bonchev–Trinajstić information content (AvgIpc) is 3.60. The van der Waals surface area contributed by atoms with Gasteiger partial charge in [-0.1, -0.05) is 23.7 Å². The smallest absolute Gasteiger partial charge is 0.254 e. The minimum atomic E-state index is -0.886. The number of hydrogen-bond donors (Lipinski definition) is 3.